The molecule has 0 saturated heterocycles. The van der Waals surface area contributed by atoms with Gasteiger partial charge in [0.2, 0.25) is 0 Å². The fourth-order valence-corrected chi connectivity index (χ4v) is 2.61. The Morgan fingerprint density at radius 3 is 3.06 bits per heavy atom. The van der Waals surface area contributed by atoms with Gasteiger partial charge in [0.1, 0.15) is 5.75 Å². The highest BCUT2D eigenvalue weighted by Gasteiger charge is 2.18. The van der Waals surface area contributed by atoms with Crippen molar-refractivity contribution in [3.05, 3.63) is 28.3 Å². The zero-order chi connectivity index (χ0) is 12.3. The minimum absolute atomic E-state index is 0.210. The topological polar surface area (TPSA) is 35.2 Å². The van der Waals surface area contributed by atoms with Crippen LogP contribution < -0.4 is 10.5 Å². The number of fused-ring (bicyclic) bond motifs is 1. The van der Waals surface area contributed by atoms with E-state index < -0.39 is 0 Å². The summed E-state index contributed by atoms with van der Waals surface area (Å²) in [6, 6.07) is 4.21. The van der Waals surface area contributed by atoms with E-state index in [0.717, 1.165) is 36.6 Å². The number of ether oxygens (including phenoxy) is 1. The predicted molar refractivity (Wildman–Crippen MR) is 71.9 cm³/mol. The van der Waals surface area contributed by atoms with Crippen LogP contribution in [0.3, 0.4) is 0 Å². The number of hydrogen-bond acceptors (Lipinski definition) is 2. The maximum Gasteiger partial charge on any atom is 0.125 e. The minimum atomic E-state index is 0.210. The number of rotatable bonds is 5. The van der Waals surface area contributed by atoms with Crippen molar-refractivity contribution < 1.29 is 4.74 Å². The molecule has 0 saturated carbocycles. The van der Waals surface area contributed by atoms with Gasteiger partial charge < -0.3 is 10.5 Å². The summed E-state index contributed by atoms with van der Waals surface area (Å²) in [5, 5.41) is 0.798. The first-order valence-corrected chi connectivity index (χ1v) is 6.78. The lowest BCUT2D eigenvalue weighted by molar-refractivity contribution is 0.352. The van der Waals surface area contributed by atoms with Crippen molar-refractivity contribution in [1.82, 2.24) is 0 Å². The molecule has 1 aliphatic heterocycles. The Kier molecular flexibility index (Phi) is 4.30. The first-order chi connectivity index (χ1) is 8.20. The van der Waals surface area contributed by atoms with Crippen molar-refractivity contribution in [2.24, 2.45) is 5.73 Å². The van der Waals surface area contributed by atoms with Crippen LogP contribution in [0, 0.1) is 0 Å². The van der Waals surface area contributed by atoms with Crippen LogP contribution in [-0.4, -0.2) is 12.6 Å². The molecule has 17 heavy (non-hydrogen) atoms. The second-order valence-corrected chi connectivity index (χ2v) is 5.19. The highest BCUT2D eigenvalue weighted by molar-refractivity contribution is 6.30. The first-order valence-electron chi connectivity index (χ1n) is 6.40. The fourth-order valence-electron chi connectivity index (χ4n) is 2.35. The normalized spacial score (nSPS) is 15.5. The Morgan fingerprint density at radius 1 is 1.47 bits per heavy atom. The van der Waals surface area contributed by atoms with E-state index in [1.165, 1.54) is 24.0 Å². The van der Waals surface area contributed by atoms with E-state index in [0.29, 0.717) is 0 Å². The Bertz CT molecular complexity index is 392. The van der Waals surface area contributed by atoms with Crippen LogP contribution in [-0.2, 0) is 12.8 Å². The Balaban J connectivity index is 2.10. The SMILES string of the molecule is CCCCC(N)Cc1cc(Cl)cc2c1OCC2. The van der Waals surface area contributed by atoms with E-state index in [-0.39, 0.29) is 6.04 Å². The number of hydrogen-bond donors (Lipinski definition) is 1. The summed E-state index contributed by atoms with van der Waals surface area (Å²) in [7, 11) is 0. The van der Waals surface area contributed by atoms with Crippen LogP contribution in [0.4, 0.5) is 0 Å². The maximum absolute atomic E-state index is 6.14. The van der Waals surface area contributed by atoms with Crippen LogP contribution in [0.2, 0.25) is 5.02 Å². The molecule has 1 heterocycles. The first kappa shape index (κ1) is 12.7. The molecule has 1 aromatic rings. The van der Waals surface area contributed by atoms with Crippen LogP contribution in [0.1, 0.15) is 37.3 Å². The molecular weight excluding hydrogens is 234 g/mol. The van der Waals surface area contributed by atoms with E-state index in [4.69, 9.17) is 22.1 Å². The molecule has 1 aromatic carbocycles. The van der Waals surface area contributed by atoms with Gasteiger partial charge in [-0.05, 0) is 36.1 Å². The fraction of sp³-hybridized carbons (Fsp3) is 0.571. The molecule has 0 aromatic heterocycles. The summed E-state index contributed by atoms with van der Waals surface area (Å²) in [5.74, 6) is 1.03. The van der Waals surface area contributed by atoms with Gasteiger partial charge in [-0.1, -0.05) is 31.4 Å². The van der Waals surface area contributed by atoms with Crippen molar-refractivity contribution in [1.29, 1.82) is 0 Å². The zero-order valence-electron chi connectivity index (χ0n) is 10.3. The highest BCUT2D eigenvalue weighted by atomic mass is 35.5. The largest absolute Gasteiger partial charge is 0.493 e. The molecule has 0 fully saturated rings. The Hall–Kier alpha value is -0.730. The molecule has 0 bridgehead atoms. The zero-order valence-corrected chi connectivity index (χ0v) is 11.1. The summed E-state index contributed by atoms with van der Waals surface area (Å²) in [6.07, 6.45) is 5.27. The lowest BCUT2D eigenvalue weighted by Crippen LogP contribution is -2.22. The number of unbranched alkanes of at least 4 members (excludes halogenated alkanes) is 1. The summed E-state index contributed by atoms with van der Waals surface area (Å²) in [5.41, 5.74) is 8.54. The van der Waals surface area contributed by atoms with Gasteiger partial charge in [-0.25, -0.2) is 0 Å². The maximum atomic E-state index is 6.14. The molecule has 1 unspecified atom stereocenters. The number of halogens is 1. The van der Waals surface area contributed by atoms with Crippen LogP contribution in [0.25, 0.3) is 0 Å². The smallest absolute Gasteiger partial charge is 0.125 e. The average molecular weight is 254 g/mol. The number of nitrogens with two attached hydrogens (primary N) is 1. The number of benzene rings is 1. The summed E-state index contributed by atoms with van der Waals surface area (Å²) in [6.45, 7) is 2.96. The molecule has 1 aliphatic rings. The Labute approximate surface area is 108 Å². The van der Waals surface area contributed by atoms with Gasteiger partial charge >= 0.3 is 0 Å². The molecule has 0 radical (unpaired) electrons. The molecule has 3 heteroatoms. The van der Waals surface area contributed by atoms with Gasteiger partial charge in [0, 0.05) is 17.5 Å². The molecule has 0 spiro atoms. The van der Waals surface area contributed by atoms with Crippen molar-refractivity contribution in [2.75, 3.05) is 6.61 Å². The van der Waals surface area contributed by atoms with Gasteiger partial charge in [0.15, 0.2) is 0 Å². The quantitative estimate of drug-likeness (QED) is 0.874. The molecule has 94 valence electrons. The van der Waals surface area contributed by atoms with E-state index in [2.05, 4.69) is 6.92 Å². The standard InChI is InChI=1S/C14H20ClNO/c1-2-3-4-13(16)9-11-8-12(15)7-10-5-6-17-14(10)11/h7-8,13H,2-6,9,16H2,1H3. The van der Waals surface area contributed by atoms with E-state index in [9.17, 15) is 0 Å². The van der Waals surface area contributed by atoms with Crippen molar-refractivity contribution in [3.8, 4) is 5.75 Å². The van der Waals surface area contributed by atoms with Gasteiger partial charge in [0.05, 0.1) is 6.61 Å². The monoisotopic (exact) mass is 253 g/mol. The molecule has 2 rings (SSSR count). The highest BCUT2D eigenvalue weighted by Crippen LogP contribution is 2.33. The molecular formula is C14H20ClNO. The molecule has 0 amide bonds. The third kappa shape index (κ3) is 3.14. The molecule has 2 nitrogen and oxygen atoms in total. The van der Waals surface area contributed by atoms with E-state index in [1.807, 2.05) is 12.1 Å². The summed E-state index contributed by atoms with van der Waals surface area (Å²) < 4.78 is 5.68. The van der Waals surface area contributed by atoms with E-state index in [1.54, 1.807) is 0 Å². The lowest BCUT2D eigenvalue weighted by Gasteiger charge is -2.14. The second kappa shape index (κ2) is 5.74. The third-order valence-corrected chi connectivity index (χ3v) is 3.45. The van der Waals surface area contributed by atoms with Crippen LogP contribution >= 0.6 is 11.6 Å². The summed E-state index contributed by atoms with van der Waals surface area (Å²) in [4.78, 5) is 0. The minimum Gasteiger partial charge on any atom is -0.493 e. The predicted octanol–water partition coefficient (Wildman–Crippen LogP) is 3.33. The van der Waals surface area contributed by atoms with Gasteiger partial charge in [-0.3, -0.25) is 0 Å². The van der Waals surface area contributed by atoms with Crippen molar-refractivity contribution >= 4 is 11.6 Å². The van der Waals surface area contributed by atoms with E-state index >= 15 is 0 Å². The van der Waals surface area contributed by atoms with Crippen molar-refractivity contribution in [3.63, 3.8) is 0 Å². The third-order valence-electron chi connectivity index (χ3n) is 3.24. The van der Waals surface area contributed by atoms with Gasteiger partial charge in [-0.2, -0.15) is 0 Å². The Morgan fingerprint density at radius 2 is 2.29 bits per heavy atom. The lowest BCUT2D eigenvalue weighted by atomic mass is 9.99. The summed E-state index contributed by atoms with van der Waals surface area (Å²) >= 11 is 6.12. The second-order valence-electron chi connectivity index (χ2n) is 4.76. The van der Waals surface area contributed by atoms with Crippen molar-refractivity contribution in [2.45, 2.75) is 45.1 Å². The molecule has 2 N–H and O–H groups in total. The molecule has 1 atom stereocenters. The molecule has 0 aliphatic carbocycles. The van der Waals surface area contributed by atoms with Gasteiger partial charge in [0.25, 0.3) is 0 Å². The van der Waals surface area contributed by atoms with Crippen LogP contribution in [0.15, 0.2) is 12.1 Å². The average Bonchev–Trinajstić information content (AvgIpc) is 2.74. The van der Waals surface area contributed by atoms with Gasteiger partial charge in [-0.15, -0.1) is 0 Å². The van der Waals surface area contributed by atoms with Crippen LogP contribution in [0.5, 0.6) is 5.75 Å².